The van der Waals surface area contributed by atoms with Crippen molar-refractivity contribution in [1.82, 2.24) is 9.38 Å². The van der Waals surface area contributed by atoms with Crippen LogP contribution in [0.4, 0.5) is 17.3 Å². The number of piperidine rings is 1. The topological polar surface area (TPSA) is 75.7 Å². The summed E-state index contributed by atoms with van der Waals surface area (Å²) in [6.45, 7) is 2.65. The number of benzene rings is 1. The van der Waals surface area contributed by atoms with E-state index in [0.717, 1.165) is 18.7 Å². The molecule has 7 nitrogen and oxygen atoms in total. The molecule has 3 heterocycles. The SMILES string of the molecule is O=[N+]([O-])c1c(NCc2ccccc2N2CCCCC2)nc2sccn12. The van der Waals surface area contributed by atoms with E-state index in [-0.39, 0.29) is 10.7 Å². The minimum atomic E-state index is -0.383. The molecule has 0 saturated carbocycles. The summed E-state index contributed by atoms with van der Waals surface area (Å²) in [6.07, 6.45) is 5.39. The van der Waals surface area contributed by atoms with Gasteiger partial charge in [-0.25, -0.2) is 0 Å². The Balaban J connectivity index is 1.59. The molecule has 1 aromatic carbocycles. The van der Waals surface area contributed by atoms with Crippen LogP contribution in [0.15, 0.2) is 35.8 Å². The Hall–Kier alpha value is -2.61. The number of rotatable bonds is 5. The van der Waals surface area contributed by atoms with Gasteiger partial charge in [-0.05, 0) is 35.8 Å². The van der Waals surface area contributed by atoms with Crippen molar-refractivity contribution in [2.45, 2.75) is 25.8 Å². The van der Waals surface area contributed by atoms with E-state index in [1.807, 2.05) is 12.1 Å². The number of aromatic nitrogens is 2. The number of para-hydroxylation sites is 1. The summed E-state index contributed by atoms with van der Waals surface area (Å²) in [5.74, 6) is 0.317. The smallest absolute Gasteiger partial charge is 0.371 e. The number of nitrogens with one attached hydrogen (secondary N) is 1. The quantitative estimate of drug-likeness (QED) is 0.553. The second kappa shape index (κ2) is 6.72. The Morgan fingerprint density at radius 3 is 2.84 bits per heavy atom. The molecule has 1 fully saturated rings. The van der Waals surface area contributed by atoms with Gasteiger partial charge in [0.15, 0.2) is 0 Å². The largest absolute Gasteiger partial charge is 0.372 e. The van der Waals surface area contributed by atoms with E-state index in [1.54, 1.807) is 11.6 Å². The lowest BCUT2D eigenvalue weighted by molar-refractivity contribution is -0.389. The van der Waals surface area contributed by atoms with Crippen LogP contribution in [0.1, 0.15) is 24.8 Å². The van der Waals surface area contributed by atoms with Gasteiger partial charge in [0.05, 0.1) is 0 Å². The Kier molecular flexibility index (Phi) is 4.27. The maximum Gasteiger partial charge on any atom is 0.372 e. The van der Waals surface area contributed by atoms with Gasteiger partial charge in [0.2, 0.25) is 5.82 Å². The monoisotopic (exact) mass is 357 g/mol. The lowest BCUT2D eigenvalue weighted by atomic mass is 10.1. The first-order valence-electron chi connectivity index (χ1n) is 8.41. The third-order valence-electron chi connectivity index (χ3n) is 4.54. The molecule has 0 aliphatic carbocycles. The molecule has 0 unspecified atom stereocenters. The van der Waals surface area contributed by atoms with Crippen LogP contribution in [0.2, 0.25) is 0 Å². The maximum atomic E-state index is 11.4. The number of nitrogens with zero attached hydrogens (tertiary/aromatic N) is 4. The van der Waals surface area contributed by atoms with Crippen LogP contribution < -0.4 is 10.2 Å². The highest BCUT2D eigenvalue weighted by Gasteiger charge is 2.23. The lowest BCUT2D eigenvalue weighted by Gasteiger charge is -2.30. The summed E-state index contributed by atoms with van der Waals surface area (Å²) in [4.78, 5) is 18.4. The molecule has 8 heteroatoms. The second-order valence-corrected chi connectivity index (χ2v) is 7.00. The Morgan fingerprint density at radius 2 is 2.04 bits per heavy atom. The molecule has 0 bridgehead atoms. The average molecular weight is 357 g/mol. The highest BCUT2D eigenvalue weighted by molar-refractivity contribution is 7.15. The van der Waals surface area contributed by atoms with Crippen LogP contribution in [0.25, 0.3) is 4.96 Å². The van der Waals surface area contributed by atoms with E-state index in [1.165, 1.54) is 40.7 Å². The van der Waals surface area contributed by atoms with Gasteiger partial charge in [-0.3, -0.25) is 0 Å². The second-order valence-electron chi connectivity index (χ2n) is 6.13. The molecule has 1 N–H and O–H groups in total. The zero-order chi connectivity index (χ0) is 17.2. The molecular formula is C17H19N5O2S. The van der Waals surface area contributed by atoms with Crippen molar-refractivity contribution < 1.29 is 4.92 Å². The first-order chi connectivity index (χ1) is 12.2. The van der Waals surface area contributed by atoms with E-state index in [4.69, 9.17) is 0 Å². The maximum absolute atomic E-state index is 11.4. The summed E-state index contributed by atoms with van der Waals surface area (Å²) in [5.41, 5.74) is 2.34. The number of anilines is 2. The van der Waals surface area contributed by atoms with E-state index < -0.39 is 0 Å². The predicted molar refractivity (Wildman–Crippen MR) is 99.6 cm³/mol. The van der Waals surface area contributed by atoms with Crippen LogP contribution in [0.3, 0.4) is 0 Å². The summed E-state index contributed by atoms with van der Waals surface area (Å²) in [6, 6.07) is 8.25. The number of hydrogen-bond donors (Lipinski definition) is 1. The normalized spacial score (nSPS) is 14.8. The molecule has 1 saturated heterocycles. The van der Waals surface area contributed by atoms with Gasteiger partial charge in [-0.2, -0.15) is 9.38 Å². The van der Waals surface area contributed by atoms with E-state index in [0.29, 0.717) is 17.3 Å². The number of fused-ring (bicyclic) bond motifs is 1. The third kappa shape index (κ3) is 3.05. The third-order valence-corrected chi connectivity index (χ3v) is 5.30. The van der Waals surface area contributed by atoms with Gasteiger partial charge in [0.1, 0.15) is 6.20 Å². The van der Waals surface area contributed by atoms with Crippen molar-refractivity contribution in [3.63, 3.8) is 0 Å². The summed E-state index contributed by atoms with van der Waals surface area (Å²) < 4.78 is 1.52. The van der Waals surface area contributed by atoms with Crippen LogP contribution in [-0.2, 0) is 6.54 Å². The van der Waals surface area contributed by atoms with E-state index >= 15 is 0 Å². The van der Waals surface area contributed by atoms with Gasteiger partial charge in [-0.15, -0.1) is 0 Å². The van der Waals surface area contributed by atoms with Crippen molar-refractivity contribution in [2.75, 3.05) is 23.3 Å². The van der Waals surface area contributed by atoms with E-state index in [9.17, 15) is 10.1 Å². The lowest BCUT2D eigenvalue weighted by Crippen LogP contribution is -2.30. The summed E-state index contributed by atoms with van der Waals surface area (Å²) in [7, 11) is 0. The van der Waals surface area contributed by atoms with Gasteiger partial charge in [0, 0.05) is 30.7 Å². The van der Waals surface area contributed by atoms with Gasteiger partial charge in [0.25, 0.3) is 4.96 Å². The fourth-order valence-corrected chi connectivity index (χ4v) is 4.06. The molecule has 25 heavy (non-hydrogen) atoms. The van der Waals surface area contributed by atoms with Gasteiger partial charge < -0.3 is 20.3 Å². The van der Waals surface area contributed by atoms with Crippen LogP contribution in [0, 0.1) is 10.1 Å². The Bertz CT molecular complexity index is 897. The summed E-state index contributed by atoms with van der Waals surface area (Å²) in [5, 5.41) is 16.4. The minimum absolute atomic E-state index is 0.00768. The van der Waals surface area contributed by atoms with Crippen molar-refractivity contribution in [1.29, 1.82) is 0 Å². The molecule has 0 atom stereocenters. The van der Waals surface area contributed by atoms with E-state index in [2.05, 4.69) is 27.3 Å². The number of hydrogen-bond acceptors (Lipinski definition) is 6. The Morgan fingerprint density at radius 1 is 1.24 bits per heavy atom. The van der Waals surface area contributed by atoms with Crippen molar-refractivity contribution in [2.24, 2.45) is 0 Å². The molecule has 1 aliphatic heterocycles. The van der Waals surface area contributed by atoms with Crippen molar-refractivity contribution in [3.8, 4) is 0 Å². The average Bonchev–Trinajstić information content (AvgIpc) is 3.21. The molecular weight excluding hydrogens is 338 g/mol. The molecule has 1 aliphatic rings. The van der Waals surface area contributed by atoms with Crippen LogP contribution in [-0.4, -0.2) is 27.4 Å². The number of thiazole rings is 1. The van der Waals surface area contributed by atoms with Gasteiger partial charge >= 0.3 is 5.82 Å². The van der Waals surface area contributed by atoms with Crippen molar-refractivity contribution >= 4 is 33.6 Å². The fourth-order valence-electron chi connectivity index (χ4n) is 3.35. The zero-order valence-corrected chi connectivity index (χ0v) is 14.5. The van der Waals surface area contributed by atoms with Crippen LogP contribution in [0.5, 0.6) is 0 Å². The molecule has 2 aromatic heterocycles. The molecule has 0 amide bonds. The van der Waals surface area contributed by atoms with Gasteiger partial charge in [-0.1, -0.05) is 29.5 Å². The molecule has 130 valence electrons. The molecule has 4 rings (SSSR count). The Labute approximate surface area is 149 Å². The molecule has 3 aromatic rings. The molecule has 0 radical (unpaired) electrons. The number of imidazole rings is 1. The van der Waals surface area contributed by atoms with Crippen molar-refractivity contribution in [3.05, 3.63) is 51.5 Å². The molecule has 0 spiro atoms. The summed E-state index contributed by atoms with van der Waals surface area (Å²) >= 11 is 1.39. The highest BCUT2D eigenvalue weighted by Crippen LogP contribution is 2.30. The first kappa shape index (κ1) is 15.9. The fraction of sp³-hybridized carbons (Fsp3) is 0.353. The van der Waals surface area contributed by atoms with Crippen LogP contribution >= 0.6 is 11.3 Å². The number of nitro groups is 1. The standard InChI is InChI=1S/C17H19N5O2S/c23-22(24)16-15(19-17-21(16)10-11-25-17)18-12-13-6-2-3-7-14(13)20-8-4-1-5-9-20/h2-3,6-7,10-11,18H,1,4-5,8-9,12H2. The predicted octanol–water partition coefficient (Wildman–Crippen LogP) is 3.91. The minimum Gasteiger partial charge on any atom is -0.371 e. The highest BCUT2D eigenvalue weighted by atomic mass is 32.1. The first-order valence-corrected chi connectivity index (χ1v) is 9.28. The zero-order valence-electron chi connectivity index (χ0n) is 13.7.